The second-order valence-electron chi connectivity index (χ2n) is 5.93. The van der Waals surface area contributed by atoms with Gasteiger partial charge < -0.3 is 5.32 Å². The maximum Gasteiger partial charge on any atom is 0.0107 e. The largest absolute Gasteiger partial charge is 0.311 e. The molecule has 0 heterocycles. The Labute approximate surface area is 110 Å². The fourth-order valence-electron chi connectivity index (χ4n) is 3.23. The van der Waals surface area contributed by atoms with Gasteiger partial charge in [0.1, 0.15) is 0 Å². The summed E-state index contributed by atoms with van der Waals surface area (Å²) in [6, 6.07) is 10.5. The molecule has 96 valence electrons. The first-order valence-electron chi connectivity index (χ1n) is 7.29. The molecule has 0 spiro atoms. The van der Waals surface area contributed by atoms with E-state index in [1.54, 1.807) is 0 Å². The van der Waals surface area contributed by atoms with Gasteiger partial charge in [-0.25, -0.2) is 0 Å². The molecular weight excluding hydrogens is 218 g/mol. The quantitative estimate of drug-likeness (QED) is 0.790. The Morgan fingerprint density at radius 3 is 2.72 bits per heavy atom. The summed E-state index contributed by atoms with van der Waals surface area (Å²) in [5.41, 5.74) is 2.93. The smallest absolute Gasteiger partial charge is 0.0107 e. The number of aryl methyl sites for hydroxylation is 1. The second kappa shape index (κ2) is 5.27. The van der Waals surface area contributed by atoms with Crippen LogP contribution in [0.15, 0.2) is 36.4 Å². The molecule has 0 aliphatic heterocycles. The van der Waals surface area contributed by atoms with Crippen molar-refractivity contribution < 1.29 is 0 Å². The van der Waals surface area contributed by atoms with Crippen molar-refractivity contribution in [2.45, 2.75) is 57.0 Å². The molecule has 1 fully saturated rings. The van der Waals surface area contributed by atoms with Crippen molar-refractivity contribution >= 4 is 0 Å². The Morgan fingerprint density at radius 2 is 2.00 bits per heavy atom. The Kier molecular flexibility index (Phi) is 3.51. The first kappa shape index (κ1) is 12.0. The summed E-state index contributed by atoms with van der Waals surface area (Å²) in [6.07, 6.45) is 11.1. The minimum atomic E-state index is 0.735. The van der Waals surface area contributed by atoms with Crippen molar-refractivity contribution in [1.82, 2.24) is 5.32 Å². The maximum absolute atomic E-state index is 3.82. The van der Waals surface area contributed by atoms with Crippen LogP contribution in [-0.4, -0.2) is 12.1 Å². The van der Waals surface area contributed by atoms with Crippen LogP contribution in [-0.2, 0) is 0 Å². The van der Waals surface area contributed by atoms with Gasteiger partial charge in [-0.2, -0.15) is 0 Å². The summed E-state index contributed by atoms with van der Waals surface area (Å²) in [5.74, 6) is 0.793. The molecule has 1 heteroatoms. The topological polar surface area (TPSA) is 12.0 Å². The van der Waals surface area contributed by atoms with E-state index >= 15 is 0 Å². The lowest BCUT2D eigenvalue weighted by molar-refractivity contribution is 0.257. The van der Waals surface area contributed by atoms with Gasteiger partial charge in [0.2, 0.25) is 0 Å². The number of allylic oxidation sites excluding steroid dienone is 1. The molecule has 0 bridgehead atoms. The Hall–Kier alpha value is -1.08. The van der Waals surface area contributed by atoms with E-state index in [2.05, 4.69) is 48.7 Å². The molecule has 0 amide bonds. The second-order valence-corrected chi connectivity index (χ2v) is 5.93. The van der Waals surface area contributed by atoms with E-state index in [1.165, 1.54) is 43.2 Å². The summed E-state index contributed by atoms with van der Waals surface area (Å²) < 4.78 is 0. The van der Waals surface area contributed by atoms with E-state index in [-0.39, 0.29) is 0 Å². The van der Waals surface area contributed by atoms with Crippen molar-refractivity contribution in [3.05, 3.63) is 47.5 Å². The van der Waals surface area contributed by atoms with Crippen LogP contribution in [0.4, 0.5) is 0 Å². The number of rotatable bonds is 3. The summed E-state index contributed by atoms with van der Waals surface area (Å²) in [5, 5.41) is 3.82. The van der Waals surface area contributed by atoms with Gasteiger partial charge in [-0.15, -0.1) is 0 Å². The highest BCUT2D eigenvalue weighted by molar-refractivity contribution is 5.27. The van der Waals surface area contributed by atoms with Crippen LogP contribution in [0.3, 0.4) is 0 Å². The Bertz CT molecular complexity index is 429. The highest BCUT2D eigenvalue weighted by Gasteiger charge is 2.31. The van der Waals surface area contributed by atoms with Gasteiger partial charge >= 0.3 is 0 Å². The predicted molar refractivity (Wildman–Crippen MR) is 76.9 cm³/mol. The van der Waals surface area contributed by atoms with Crippen LogP contribution < -0.4 is 5.32 Å². The van der Waals surface area contributed by atoms with Crippen molar-refractivity contribution in [3.8, 4) is 0 Å². The summed E-state index contributed by atoms with van der Waals surface area (Å²) >= 11 is 0. The molecule has 1 atom stereocenters. The molecule has 0 aromatic heterocycles. The molecule has 1 aromatic rings. The third kappa shape index (κ3) is 2.67. The van der Waals surface area contributed by atoms with Crippen LogP contribution in [0, 0.1) is 6.92 Å². The van der Waals surface area contributed by atoms with E-state index < -0.39 is 0 Å². The fraction of sp³-hybridized carbons (Fsp3) is 0.529. The molecule has 1 aromatic carbocycles. The van der Waals surface area contributed by atoms with Crippen molar-refractivity contribution in [2.75, 3.05) is 0 Å². The van der Waals surface area contributed by atoms with Crippen LogP contribution in [0.2, 0.25) is 0 Å². The van der Waals surface area contributed by atoms with Crippen molar-refractivity contribution in [3.63, 3.8) is 0 Å². The standard InChI is InChI=1S/C17H23N/c1-13-6-5-7-14(10-13)15-11-17(12-15)18-16-8-3-2-4-9-16/h2-3,5-7,10,15-18H,4,8-9,11-12H2,1H3. The molecule has 0 saturated heterocycles. The number of hydrogen-bond acceptors (Lipinski definition) is 1. The number of nitrogens with one attached hydrogen (secondary N) is 1. The van der Waals surface area contributed by atoms with Gasteiger partial charge in [-0.05, 0) is 50.5 Å². The minimum Gasteiger partial charge on any atom is -0.311 e. The molecule has 1 unspecified atom stereocenters. The highest BCUT2D eigenvalue weighted by atomic mass is 15.0. The Morgan fingerprint density at radius 1 is 1.11 bits per heavy atom. The maximum atomic E-state index is 3.82. The summed E-state index contributed by atoms with van der Waals surface area (Å²) in [6.45, 7) is 2.19. The van der Waals surface area contributed by atoms with Crippen LogP contribution >= 0.6 is 0 Å². The van der Waals surface area contributed by atoms with E-state index in [1.807, 2.05) is 0 Å². The van der Waals surface area contributed by atoms with Gasteiger partial charge in [0.25, 0.3) is 0 Å². The summed E-state index contributed by atoms with van der Waals surface area (Å²) in [4.78, 5) is 0. The lowest BCUT2D eigenvalue weighted by atomic mass is 9.75. The molecule has 1 nitrogen and oxygen atoms in total. The van der Waals surface area contributed by atoms with Gasteiger partial charge in [0, 0.05) is 12.1 Å². The molecule has 3 rings (SSSR count). The first-order chi connectivity index (χ1) is 8.81. The van der Waals surface area contributed by atoms with E-state index in [4.69, 9.17) is 0 Å². The monoisotopic (exact) mass is 241 g/mol. The van der Waals surface area contributed by atoms with Crippen LogP contribution in [0.25, 0.3) is 0 Å². The Balaban J connectivity index is 1.49. The van der Waals surface area contributed by atoms with Gasteiger partial charge in [0.15, 0.2) is 0 Å². The third-order valence-electron chi connectivity index (χ3n) is 4.39. The van der Waals surface area contributed by atoms with Crippen molar-refractivity contribution in [2.24, 2.45) is 0 Å². The fourth-order valence-corrected chi connectivity index (χ4v) is 3.23. The van der Waals surface area contributed by atoms with Crippen LogP contribution in [0.1, 0.15) is 49.1 Å². The zero-order valence-electron chi connectivity index (χ0n) is 11.2. The summed E-state index contributed by atoms with van der Waals surface area (Å²) in [7, 11) is 0. The SMILES string of the molecule is Cc1cccc(C2CC(NC3CC=CCC3)C2)c1. The molecule has 1 N–H and O–H groups in total. The van der Waals surface area contributed by atoms with Gasteiger partial charge in [-0.1, -0.05) is 42.0 Å². The molecule has 0 radical (unpaired) electrons. The van der Waals surface area contributed by atoms with E-state index in [0.717, 1.165) is 18.0 Å². The molecule has 2 aliphatic carbocycles. The van der Waals surface area contributed by atoms with Gasteiger partial charge in [0.05, 0.1) is 0 Å². The molecule has 18 heavy (non-hydrogen) atoms. The average Bonchev–Trinajstić information content (AvgIpc) is 2.34. The van der Waals surface area contributed by atoms with E-state index in [9.17, 15) is 0 Å². The molecular formula is C17H23N. The van der Waals surface area contributed by atoms with E-state index in [0.29, 0.717) is 0 Å². The number of hydrogen-bond donors (Lipinski definition) is 1. The van der Waals surface area contributed by atoms with Gasteiger partial charge in [-0.3, -0.25) is 0 Å². The van der Waals surface area contributed by atoms with Crippen molar-refractivity contribution in [1.29, 1.82) is 0 Å². The highest BCUT2D eigenvalue weighted by Crippen LogP contribution is 2.37. The van der Waals surface area contributed by atoms with Crippen LogP contribution in [0.5, 0.6) is 0 Å². The predicted octanol–water partition coefficient (Wildman–Crippen LogP) is 3.94. The average molecular weight is 241 g/mol. The zero-order valence-corrected chi connectivity index (χ0v) is 11.2. The minimum absolute atomic E-state index is 0.735. The lowest BCUT2D eigenvalue weighted by Crippen LogP contribution is -2.45. The number of benzene rings is 1. The normalized spacial score (nSPS) is 31.1. The first-order valence-corrected chi connectivity index (χ1v) is 7.29. The third-order valence-corrected chi connectivity index (χ3v) is 4.39. The molecule has 2 aliphatic rings. The zero-order chi connectivity index (χ0) is 12.4. The molecule has 1 saturated carbocycles. The lowest BCUT2D eigenvalue weighted by Gasteiger charge is -2.39.